The molecule has 0 fully saturated rings. The minimum absolute atomic E-state index is 0.0558. The summed E-state index contributed by atoms with van der Waals surface area (Å²) in [5.74, 6) is -0.642. The highest BCUT2D eigenvalue weighted by Crippen LogP contribution is 2.10. The number of aliphatic hydroxyl groups is 2. The summed E-state index contributed by atoms with van der Waals surface area (Å²) in [7, 11) is -3.81. The third-order valence-corrected chi connectivity index (χ3v) is 5.09. The number of hydrogen-bond donors (Lipinski definition) is 3. The molecule has 0 saturated carbocycles. The number of sulfonamides is 1. The smallest absolute Gasteiger partial charge is 0.338 e. The maximum absolute atomic E-state index is 12.1. The van der Waals surface area contributed by atoms with Crippen LogP contribution in [0.5, 0.6) is 0 Å². The Balaban J connectivity index is 1.84. The Bertz CT molecular complexity index is 821. The maximum atomic E-state index is 12.1. The van der Waals surface area contributed by atoms with E-state index in [-0.39, 0.29) is 4.90 Å². The molecule has 0 bridgehead atoms. The summed E-state index contributed by atoms with van der Waals surface area (Å²) in [6.07, 6.45) is -2.86. The molecule has 0 aliphatic carbocycles. The third kappa shape index (κ3) is 5.63. The molecular formula is C18H21NO6S. The van der Waals surface area contributed by atoms with E-state index in [9.17, 15) is 23.4 Å². The monoisotopic (exact) mass is 379 g/mol. The zero-order valence-corrected chi connectivity index (χ0v) is 15.0. The summed E-state index contributed by atoms with van der Waals surface area (Å²) in [6, 6.07) is 14.4. The lowest BCUT2D eigenvalue weighted by molar-refractivity contribution is -0.0247. The first-order valence-corrected chi connectivity index (χ1v) is 9.42. The zero-order chi connectivity index (χ0) is 19.2. The van der Waals surface area contributed by atoms with Gasteiger partial charge in [0.05, 0.1) is 16.6 Å². The molecule has 2 unspecified atom stereocenters. The van der Waals surface area contributed by atoms with Crippen molar-refractivity contribution in [2.24, 2.45) is 0 Å². The van der Waals surface area contributed by atoms with Gasteiger partial charge in [0.2, 0.25) is 10.0 Å². The normalized spacial score (nSPS) is 13.8. The van der Waals surface area contributed by atoms with Crippen molar-refractivity contribution in [1.82, 2.24) is 4.72 Å². The summed E-state index contributed by atoms with van der Waals surface area (Å²) in [5, 5.41) is 19.7. The Morgan fingerprint density at radius 2 is 1.65 bits per heavy atom. The number of carbonyl (C=O) groups is 1. The molecule has 0 spiro atoms. The van der Waals surface area contributed by atoms with E-state index in [2.05, 4.69) is 4.72 Å². The van der Waals surface area contributed by atoms with Crippen molar-refractivity contribution in [3.05, 3.63) is 65.7 Å². The van der Waals surface area contributed by atoms with Crippen molar-refractivity contribution in [1.29, 1.82) is 0 Å². The molecule has 0 saturated heterocycles. The van der Waals surface area contributed by atoms with E-state index in [4.69, 9.17) is 4.74 Å². The van der Waals surface area contributed by atoms with Crippen LogP contribution in [0.2, 0.25) is 0 Å². The first-order chi connectivity index (χ1) is 12.3. The molecule has 140 valence electrons. The van der Waals surface area contributed by atoms with Crippen molar-refractivity contribution >= 4 is 16.0 Å². The molecular weight excluding hydrogens is 358 g/mol. The van der Waals surface area contributed by atoms with Crippen LogP contribution in [-0.4, -0.2) is 50.0 Å². The van der Waals surface area contributed by atoms with Gasteiger partial charge >= 0.3 is 5.97 Å². The van der Waals surface area contributed by atoms with Crippen LogP contribution in [0.4, 0.5) is 0 Å². The number of aliphatic hydroxyl groups excluding tert-OH is 2. The lowest BCUT2D eigenvalue weighted by Gasteiger charge is -2.18. The SMILES string of the molecule is Cc1ccc(S(=O)(=O)NCC(O)C(O)COC(=O)c2ccccc2)cc1. The van der Waals surface area contributed by atoms with E-state index < -0.39 is 41.4 Å². The molecule has 0 aromatic heterocycles. The van der Waals surface area contributed by atoms with E-state index in [1.54, 1.807) is 42.5 Å². The summed E-state index contributed by atoms with van der Waals surface area (Å²) < 4.78 is 31.4. The molecule has 2 rings (SSSR count). The fourth-order valence-corrected chi connectivity index (χ4v) is 3.11. The highest BCUT2D eigenvalue weighted by Gasteiger charge is 2.22. The molecule has 8 heteroatoms. The van der Waals surface area contributed by atoms with Crippen LogP contribution in [0.25, 0.3) is 0 Å². The average molecular weight is 379 g/mol. The highest BCUT2D eigenvalue weighted by molar-refractivity contribution is 7.89. The van der Waals surface area contributed by atoms with Crippen LogP contribution in [0.15, 0.2) is 59.5 Å². The third-order valence-electron chi connectivity index (χ3n) is 3.65. The summed E-state index contributed by atoms with van der Waals surface area (Å²) in [5.41, 5.74) is 1.23. The largest absolute Gasteiger partial charge is 0.459 e. The van der Waals surface area contributed by atoms with Crippen LogP contribution >= 0.6 is 0 Å². The molecule has 2 atom stereocenters. The van der Waals surface area contributed by atoms with E-state index in [0.29, 0.717) is 5.56 Å². The van der Waals surface area contributed by atoms with E-state index in [0.717, 1.165) is 5.56 Å². The summed E-state index contributed by atoms with van der Waals surface area (Å²) in [4.78, 5) is 11.8. The zero-order valence-electron chi connectivity index (χ0n) is 14.2. The average Bonchev–Trinajstić information content (AvgIpc) is 2.65. The number of carbonyl (C=O) groups excluding carboxylic acids is 1. The Labute approximate surface area is 152 Å². The summed E-state index contributed by atoms with van der Waals surface area (Å²) in [6.45, 7) is 0.960. The van der Waals surface area contributed by atoms with Gasteiger partial charge in [-0.05, 0) is 31.2 Å². The molecule has 0 heterocycles. The second-order valence-electron chi connectivity index (χ2n) is 5.76. The van der Waals surface area contributed by atoms with Gasteiger partial charge in [0.25, 0.3) is 0 Å². The predicted octanol–water partition coefficient (Wildman–Crippen LogP) is 0.852. The quantitative estimate of drug-likeness (QED) is 0.586. The van der Waals surface area contributed by atoms with Gasteiger partial charge in [-0.2, -0.15) is 0 Å². The first-order valence-electron chi connectivity index (χ1n) is 7.94. The van der Waals surface area contributed by atoms with Crippen LogP contribution < -0.4 is 4.72 Å². The molecule has 2 aromatic rings. The lowest BCUT2D eigenvalue weighted by atomic mass is 10.2. The number of aryl methyl sites for hydroxylation is 1. The Morgan fingerprint density at radius 3 is 2.27 bits per heavy atom. The van der Waals surface area contributed by atoms with Crippen LogP contribution in [0.1, 0.15) is 15.9 Å². The van der Waals surface area contributed by atoms with Crippen molar-refractivity contribution < 1.29 is 28.2 Å². The Kier molecular flexibility index (Phi) is 6.87. The predicted molar refractivity (Wildman–Crippen MR) is 95.1 cm³/mol. The van der Waals surface area contributed by atoms with Gasteiger partial charge < -0.3 is 14.9 Å². The van der Waals surface area contributed by atoms with E-state index in [1.807, 2.05) is 6.92 Å². The molecule has 26 heavy (non-hydrogen) atoms. The molecule has 0 aliphatic heterocycles. The standard InChI is InChI=1S/C18H21NO6S/c1-13-7-9-15(10-8-13)26(23,24)19-11-16(20)17(21)12-25-18(22)14-5-3-2-4-6-14/h2-10,16-17,19-21H,11-12H2,1H3. The minimum atomic E-state index is -3.81. The van der Waals surface area contributed by atoms with Crippen LogP contribution in [0, 0.1) is 6.92 Å². The molecule has 0 radical (unpaired) electrons. The molecule has 0 aliphatic rings. The van der Waals surface area contributed by atoms with E-state index >= 15 is 0 Å². The van der Waals surface area contributed by atoms with Gasteiger partial charge in [-0.15, -0.1) is 0 Å². The fourth-order valence-electron chi connectivity index (χ4n) is 2.06. The Morgan fingerprint density at radius 1 is 1.04 bits per heavy atom. The second kappa shape index (κ2) is 8.91. The molecule has 2 aromatic carbocycles. The van der Waals surface area contributed by atoms with Crippen LogP contribution in [-0.2, 0) is 14.8 Å². The molecule has 7 nitrogen and oxygen atoms in total. The Hall–Kier alpha value is -2.26. The van der Waals surface area contributed by atoms with Gasteiger partial charge in [-0.3, -0.25) is 0 Å². The van der Waals surface area contributed by atoms with Gasteiger partial charge in [-0.1, -0.05) is 35.9 Å². The van der Waals surface area contributed by atoms with Crippen molar-refractivity contribution in [3.8, 4) is 0 Å². The minimum Gasteiger partial charge on any atom is -0.459 e. The number of rotatable bonds is 8. The first kappa shape index (κ1) is 20.1. The van der Waals surface area contributed by atoms with Gasteiger partial charge in [0, 0.05) is 6.54 Å². The number of esters is 1. The number of nitrogens with one attached hydrogen (secondary N) is 1. The number of hydrogen-bond acceptors (Lipinski definition) is 6. The summed E-state index contributed by atoms with van der Waals surface area (Å²) >= 11 is 0. The number of ether oxygens (including phenoxy) is 1. The fraction of sp³-hybridized carbons (Fsp3) is 0.278. The lowest BCUT2D eigenvalue weighted by Crippen LogP contribution is -2.41. The van der Waals surface area contributed by atoms with Gasteiger partial charge in [0.15, 0.2) is 0 Å². The maximum Gasteiger partial charge on any atom is 0.338 e. The van der Waals surface area contributed by atoms with Gasteiger partial charge in [0.1, 0.15) is 12.7 Å². The van der Waals surface area contributed by atoms with Gasteiger partial charge in [-0.25, -0.2) is 17.9 Å². The molecule has 0 amide bonds. The highest BCUT2D eigenvalue weighted by atomic mass is 32.2. The van der Waals surface area contributed by atoms with E-state index in [1.165, 1.54) is 12.1 Å². The van der Waals surface area contributed by atoms with Crippen molar-refractivity contribution in [2.75, 3.05) is 13.2 Å². The topological polar surface area (TPSA) is 113 Å². The molecule has 3 N–H and O–H groups in total. The van der Waals surface area contributed by atoms with Crippen LogP contribution in [0.3, 0.4) is 0 Å². The second-order valence-corrected chi connectivity index (χ2v) is 7.53. The van der Waals surface area contributed by atoms with Crippen molar-refractivity contribution in [3.63, 3.8) is 0 Å². The van der Waals surface area contributed by atoms with Crippen molar-refractivity contribution in [2.45, 2.75) is 24.0 Å². The number of benzene rings is 2.